The van der Waals surface area contributed by atoms with Crippen molar-refractivity contribution in [3.8, 4) is 11.5 Å². The number of benzene rings is 1. The number of para-hydroxylation sites is 2. The van der Waals surface area contributed by atoms with Crippen LogP contribution < -0.4 is 20.5 Å². The topological polar surface area (TPSA) is 90.7 Å². The predicted octanol–water partition coefficient (Wildman–Crippen LogP) is 4.02. The van der Waals surface area contributed by atoms with E-state index in [1.165, 1.54) is 11.3 Å². The van der Waals surface area contributed by atoms with Gasteiger partial charge >= 0.3 is 0 Å². The molecule has 0 fully saturated rings. The monoisotopic (exact) mass is 416 g/mol. The van der Waals surface area contributed by atoms with E-state index < -0.39 is 5.91 Å². The van der Waals surface area contributed by atoms with Crippen molar-refractivity contribution < 1.29 is 19.1 Å². The Balaban J connectivity index is 1.74. The van der Waals surface area contributed by atoms with E-state index in [0.29, 0.717) is 28.0 Å². The summed E-state index contributed by atoms with van der Waals surface area (Å²) in [5, 5.41) is 3.34. The number of fused-ring (bicyclic) bond motifs is 1. The first-order valence-corrected chi connectivity index (χ1v) is 10.5. The number of anilines is 1. The van der Waals surface area contributed by atoms with Gasteiger partial charge in [-0.1, -0.05) is 32.9 Å². The fourth-order valence-electron chi connectivity index (χ4n) is 3.72. The van der Waals surface area contributed by atoms with Crippen molar-refractivity contribution >= 4 is 28.2 Å². The van der Waals surface area contributed by atoms with Crippen LogP contribution in [0.5, 0.6) is 11.5 Å². The number of hydrogen-bond donors (Lipinski definition) is 2. The molecule has 6 nitrogen and oxygen atoms in total. The van der Waals surface area contributed by atoms with Gasteiger partial charge in [-0.25, -0.2) is 0 Å². The molecule has 1 unspecified atom stereocenters. The molecule has 1 aliphatic carbocycles. The molecule has 2 amide bonds. The molecule has 0 saturated heterocycles. The second kappa shape index (κ2) is 8.45. The number of hydrogen-bond acceptors (Lipinski definition) is 5. The van der Waals surface area contributed by atoms with E-state index in [1.54, 1.807) is 25.3 Å². The first-order valence-electron chi connectivity index (χ1n) is 9.70. The Labute approximate surface area is 175 Å². The Morgan fingerprint density at radius 1 is 1.24 bits per heavy atom. The van der Waals surface area contributed by atoms with Crippen LogP contribution in [0.3, 0.4) is 0 Å². The number of thiophene rings is 1. The van der Waals surface area contributed by atoms with Gasteiger partial charge in [0.25, 0.3) is 11.8 Å². The minimum atomic E-state index is -0.502. The zero-order chi connectivity index (χ0) is 21.2. The summed E-state index contributed by atoms with van der Waals surface area (Å²) in [4.78, 5) is 25.7. The summed E-state index contributed by atoms with van der Waals surface area (Å²) in [6, 6.07) is 7.13. The maximum absolute atomic E-state index is 12.5. The summed E-state index contributed by atoms with van der Waals surface area (Å²) < 4.78 is 10.8. The Morgan fingerprint density at radius 3 is 2.55 bits per heavy atom. The summed E-state index contributed by atoms with van der Waals surface area (Å²) in [5.41, 5.74) is 7.28. The summed E-state index contributed by atoms with van der Waals surface area (Å²) >= 11 is 1.45. The highest BCUT2D eigenvalue weighted by Crippen LogP contribution is 2.44. The minimum absolute atomic E-state index is 0.189. The number of amides is 2. The third-order valence-corrected chi connectivity index (χ3v) is 6.59. The highest BCUT2D eigenvalue weighted by Gasteiger charge is 2.33. The van der Waals surface area contributed by atoms with Gasteiger partial charge in [-0.05, 0) is 48.3 Å². The second-order valence-corrected chi connectivity index (χ2v) is 9.47. The fourth-order valence-corrected chi connectivity index (χ4v) is 5.07. The largest absolute Gasteiger partial charge is 0.493 e. The SMILES string of the molecule is COc1ccccc1OCC(=O)Nc1sc2c(c1C(N)=O)CCC(C(C)(C)C)C2. The maximum Gasteiger partial charge on any atom is 0.262 e. The Morgan fingerprint density at radius 2 is 1.93 bits per heavy atom. The molecule has 156 valence electrons. The van der Waals surface area contributed by atoms with E-state index in [2.05, 4.69) is 26.1 Å². The van der Waals surface area contributed by atoms with Gasteiger partial charge in [0.15, 0.2) is 18.1 Å². The van der Waals surface area contributed by atoms with Gasteiger partial charge in [0.1, 0.15) is 5.00 Å². The number of carbonyl (C=O) groups excluding carboxylic acids is 2. The van der Waals surface area contributed by atoms with Crippen molar-refractivity contribution in [3.63, 3.8) is 0 Å². The zero-order valence-electron chi connectivity index (χ0n) is 17.3. The van der Waals surface area contributed by atoms with Crippen LogP contribution in [0.2, 0.25) is 0 Å². The Bertz CT molecular complexity index is 914. The molecule has 0 saturated carbocycles. The summed E-state index contributed by atoms with van der Waals surface area (Å²) in [6.07, 6.45) is 2.72. The standard InChI is InChI=1S/C22H28N2O4S/c1-22(2,3)13-9-10-14-17(11-13)29-21(19(14)20(23)26)24-18(25)12-28-16-8-6-5-7-15(16)27-4/h5-8,13H,9-12H2,1-4H3,(H2,23,26)(H,24,25). The van der Waals surface area contributed by atoms with Crippen LogP contribution in [0.1, 0.15) is 48.0 Å². The van der Waals surface area contributed by atoms with Crippen LogP contribution in [0.25, 0.3) is 0 Å². The predicted molar refractivity (Wildman–Crippen MR) is 115 cm³/mol. The molecule has 3 rings (SSSR count). The molecule has 0 spiro atoms. The lowest BCUT2D eigenvalue weighted by Gasteiger charge is -2.33. The van der Waals surface area contributed by atoms with Crippen molar-refractivity contribution in [1.82, 2.24) is 0 Å². The van der Waals surface area contributed by atoms with Crippen LogP contribution >= 0.6 is 11.3 Å². The molecule has 1 atom stereocenters. The number of nitrogens with one attached hydrogen (secondary N) is 1. The average molecular weight is 417 g/mol. The molecule has 29 heavy (non-hydrogen) atoms. The quantitative estimate of drug-likeness (QED) is 0.744. The van der Waals surface area contributed by atoms with E-state index in [4.69, 9.17) is 15.2 Å². The smallest absolute Gasteiger partial charge is 0.262 e. The molecule has 1 aromatic heterocycles. The van der Waals surface area contributed by atoms with Gasteiger partial charge in [0.05, 0.1) is 12.7 Å². The van der Waals surface area contributed by atoms with Crippen molar-refractivity contribution in [2.75, 3.05) is 19.0 Å². The van der Waals surface area contributed by atoms with Crippen LogP contribution in [0.4, 0.5) is 5.00 Å². The summed E-state index contributed by atoms with van der Waals surface area (Å²) in [6.45, 7) is 6.53. The molecule has 1 aliphatic rings. The van der Waals surface area contributed by atoms with E-state index in [-0.39, 0.29) is 17.9 Å². The van der Waals surface area contributed by atoms with Crippen molar-refractivity contribution in [2.45, 2.75) is 40.0 Å². The van der Waals surface area contributed by atoms with Gasteiger partial charge in [-0.3, -0.25) is 9.59 Å². The molecule has 0 aliphatic heterocycles. The number of nitrogens with two attached hydrogens (primary N) is 1. The van der Waals surface area contributed by atoms with Crippen LogP contribution in [0.15, 0.2) is 24.3 Å². The first-order chi connectivity index (χ1) is 13.7. The molecule has 0 radical (unpaired) electrons. The van der Waals surface area contributed by atoms with E-state index >= 15 is 0 Å². The van der Waals surface area contributed by atoms with E-state index in [0.717, 1.165) is 29.7 Å². The van der Waals surface area contributed by atoms with Crippen LogP contribution in [-0.4, -0.2) is 25.5 Å². The van der Waals surface area contributed by atoms with Gasteiger partial charge in [-0.2, -0.15) is 0 Å². The van der Waals surface area contributed by atoms with Gasteiger partial charge in [0.2, 0.25) is 0 Å². The third kappa shape index (κ3) is 4.72. The van der Waals surface area contributed by atoms with Gasteiger partial charge < -0.3 is 20.5 Å². The molecular weight excluding hydrogens is 388 g/mol. The minimum Gasteiger partial charge on any atom is -0.493 e. The highest BCUT2D eigenvalue weighted by atomic mass is 32.1. The molecule has 7 heteroatoms. The van der Waals surface area contributed by atoms with Crippen molar-refractivity contribution in [3.05, 3.63) is 40.3 Å². The zero-order valence-corrected chi connectivity index (χ0v) is 18.2. The van der Waals surface area contributed by atoms with Crippen molar-refractivity contribution in [2.24, 2.45) is 17.1 Å². The Kier molecular flexibility index (Phi) is 6.17. The number of carbonyl (C=O) groups is 2. The van der Waals surface area contributed by atoms with E-state index in [9.17, 15) is 9.59 Å². The normalized spacial score (nSPS) is 16.1. The number of ether oxygens (including phenoxy) is 2. The number of primary amides is 1. The molecule has 3 N–H and O–H groups in total. The summed E-state index contributed by atoms with van der Waals surface area (Å²) in [5.74, 6) is 0.727. The first kappa shape index (κ1) is 21.2. The molecule has 2 aromatic rings. The van der Waals surface area contributed by atoms with E-state index in [1.807, 2.05) is 6.07 Å². The highest BCUT2D eigenvalue weighted by molar-refractivity contribution is 7.17. The summed E-state index contributed by atoms with van der Waals surface area (Å²) in [7, 11) is 1.54. The lowest BCUT2D eigenvalue weighted by molar-refractivity contribution is -0.118. The molecule has 1 heterocycles. The Hall–Kier alpha value is -2.54. The second-order valence-electron chi connectivity index (χ2n) is 8.37. The number of rotatable bonds is 6. The van der Waals surface area contributed by atoms with Crippen LogP contribution in [-0.2, 0) is 17.6 Å². The number of methoxy groups -OCH3 is 1. The molecule has 0 bridgehead atoms. The lowest BCUT2D eigenvalue weighted by atomic mass is 9.72. The third-order valence-electron chi connectivity index (χ3n) is 5.42. The lowest BCUT2D eigenvalue weighted by Crippen LogP contribution is -2.27. The van der Waals surface area contributed by atoms with Gasteiger partial charge in [0, 0.05) is 4.88 Å². The van der Waals surface area contributed by atoms with Crippen molar-refractivity contribution in [1.29, 1.82) is 0 Å². The van der Waals surface area contributed by atoms with Gasteiger partial charge in [-0.15, -0.1) is 11.3 Å². The average Bonchev–Trinajstić information content (AvgIpc) is 3.02. The molecule has 1 aromatic carbocycles. The molecular formula is C22H28N2O4S. The fraction of sp³-hybridized carbons (Fsp3) is 0.455. The van der Waals surface area contributed by atoms with Crippen LogP contribution in [0, 0.1) is 11.3 Å². The maximum atomic E-state index is 12.5.